The third-order valence-electron chi connectivity index (χ3n) is 5.75. The van der Waals surface area contributed by atoms with E-state index in [1.54, 1.807) is 19.1 Å². The molecule has 5 rings (SSSR count). The fourth-order valence-corrected chi connectivity index (χ4v) is 4.88. The summed E-state index contributed by atoms with van der Waals surface area (Å²) < 4.78 is 0. The van der Waals surface area contributed by atoms with E-state index < -0.39 is 11.9 Å². The predicted octanol–water partition coefficient (Wildman–Crippen LogP) is 3.52. The third kappa shape index (κ3) is 2.65. The Morgan fingerprint density at radius 1 is 1.12 bits per heavy atom. The van der Waals surface area contributed by atoms with Crippen LogP contribution in [0.15, 0.2) is 30.4 Å². The van der Waals surface area contributed by atoms with Crippen molar-refractivity contribution in [3.05, 3.63) is 40.4 Å². The molecule has 3 aliphatic carbocycles. The molecule has 5 unspecified atom stereocenters. The number of carbonyl (C=O) groups is 3. The summed E-state index contributed by atoms with van der Waals surface area (Å²) in [4.78, 5) is 39.6. The first kappa shape index (κ1) is 17.6. The van der Waals surface area contributed by atoms with Gasteiger partial charge in [0.25, 0.3) is 0 Å². The highest BCUT2D eigenvalue weighted by Crippen LogP contribution is 2.50. The van der Waals surface area contributed by atoms with Crippen LogP contribution in [0.1, 0.15) is 19.8 Å². The van der Waals surface area contributed by atoms with Crippen molar-refractivity contribution in [1.29, 1.82) is 0 Å². The fourth-order valence-electron chi connectivity index (χ4n) is 4.42. The highest BCUT2D eigenvalue weighted by Gasteiger charge is 2.58. The van der Waals surface area contributed by atoms with Crippen molar-refractivity contribution in [1.82, 2.24) is 4.90 Å². The van der Waals surface area contributed by atoms with E-state index in [0.29, 0.717) is 15.7 Å². The molecule has 1 aromatic carbocycles. The van der Waals surface area contributed by atoms with Gasteiger partial charge in [-0.3, -0.25) is 19.3 Å². The molecule has 5 atom stereocenters. The fraction of sp³-hybridized carbons (Fsp3) is 0.421. The predicted molar refractivity (Wildman–Crippen MR) is 98.7 cm³/mol. The number of rotatable bonds is 3. The molecule has 7 heteroatoms. The van der Waals surface area contributed by atoms with Gasteiger partial charge in [0, 0.05) is 5.02 Å². The molecule has 1 saturated heterocycles. The van der Waals surface area contributed by atoms with E-state index in [0.717, 1.165) is 17.7 Å². The van der Waals surface area contributed by atoms with Crippen LogP contribution in [-0.4, -0.2) is 28.7 Å². The quantitative estimate of drug-likeness (QED) is 0.631. The number of benzene rings is 1. The molecule has 3 amide bonds. The SMILES string of the molecule is CC(C(=O)Nc1ccc(Cl)cc1Cl)N1C(=O)C2C3C=CC(CC3)C2C1=O. The van der Waals surface area contributed by atoms with Gasteiger partial charge in [0.1, 0.15) is 6.04 Å². The normalized spacial score (nSPS) is 30.5. The standard InChI is InChI=1S/C19H18Cl2N2O3/c1-9(17(24)22-14-7-6-12(20)8-13(14)21)23-18(25)15-10-2-3-11(5-4-10)16(15)19(23)26/h2-3,6-11,15-16H,4-5H2,1H3,(H,22,24). The van der Waals surface area contributed by atoms with Crippen LogP contribution in [0.3, 0.4) is 0 Å². The third-order valence-corrected chi connectivity index (χ3v) is 6.30. The van der Waals surface area contributed by atoms with Gasteiger partial charge >= 0.3 is 0 Å². The lowest BCUT2D eigenvalue weighted by atomic mass is 9.63. The number of hydrogen-bond acceptors (Lipinski definition) is 3. The second kappa shape index (κ2) is 6.39. The van der Waals surface area contributed by atoms with Gasteiger partial charge in [-0.15, -0.1) is 0 Å². The zero-order valence-corrected chi connectivity index (χ0v) is 15.6. The largest absolute Gasteiger partial charge is 0.323 e. The number of nitrogens with zero attached hydrogens (tertiary/aromatic N) is 1. The molecular weight excluding hydrogens is 375 g/mol. The van der Waals surface area contributed by atoms with E-state index in [4.69, 9.17) is 23.2 Å². The molecule has 26 heavy (non-hydrogen) atoms. The minimum absolute atomic E-state index is 0.104. The van der Waals surface area contributed by atoms with Crippen LogP contribution in [0.4, 0.5) is 5.69 Å². The lowest BCUT2D eigenvalue weighted by Gasteiger charge is -2.38. The van der Waals surface area contributed by atoms with Crippen molar-refractivity contribution in [2.75, 3.05) is 5.32 Å². The first-order chi connectivity index (χ1) is 12.4. The van der Waals surface area contributed by atoms with Crippen molar-refractivity contribution in [2.45, 2.75) is 25.8 Å². The Morgan fingerprint density at radius 2 is 1.69 bits per heavy atom. The Kier molecular flexibility index (Phi) is 4.32. The van der Waals surface area contributed by atoms with Crippen molar-refractivity contribution in [3.63, 3.8) is 0 Å². The number of allylic oxidation sites excluding steroid dienone is 2. The van der Waals surface area contributed by atoms with Crippen LogP contribution in [0.5, 0.6) is 0 Å². The van der Waals surface area contributed by atoms with Crippen molar-refractivity contribution >= 4 is 46.6 Å². The van der Waals surface area contributed by atoms with Gasteiger partial charge in [-0.05, 0) is 49.8 Å². The van der Waals surface area contributed by atoms with Crippen LogP contribution in [0.2, 0.25) is 10.0 Å². The van der Waals surface area contributed by atoms with E-state index in [1.807, 2.05) is 0 Å². The Morgan fingerprint density at radius 3 is 2.19 bits per heavy atom. The van der Waals surface area contributed by atoms with Gasteiger partial charge in [-0.2, -0.15) is 0 Å². The van der Waals surface area contributed by atoms with Crippen LogP contribution in [0, 0.1) is 23.7 Å². The van der Waals surface area contributed by atoms with Gasteiger partial charge in [-0.1, -0.05) is 35.4 Å². The number of halogens is 2. The Hall–Kier alpha value is -1.85. The van der Waals surface area contributed by atoms with Gasteiger partial charge in [0.15, 0.2) is 0 Å². The molecular formula is C19H18Cl2N2O3. The molecule has 0 radical (unpaired) electrons. The molecule has 5 nitrogen and oxygen atoms in total. The number of nitrogens with one attached hydrogen (secondary N) is 1. The summed E-state index contributed by atoms with van der Waals surface area (Å²) in [7, 11) is 0. The van der Waals surface area contributed by atoms with Crippen LogP contribution in [-0.2, 0) is 14.4 Å². The number of fused-ring (bicyclic) bond motifs is 1. The van der Waals surface area contributed by atoms with Gasteiger partial charge in [-0.25, -0.2) is 0 Å². The monoisotopic (exact) mass is 392 g/mol. The topological polar surface area (TPSA) is 66.5 Å². The molecule has 1 aromatic rings. The first-order valence-corrected chi connectivity index (χ1v) is 9.45. The summed E-state index contributed by atoms with van der Waals surface area (Å²) >= 11 is 11.9. The van der Waals surface area contributed by atoms with E-state index in [9.17, 15) is 14.4 Å². The molecule has 0 spiro atoms. The Bertz CT molecular complexity index is 806. The molecule has 1 aliphatic heterocycles. The maximum absolute atomic E-state index is 12.9. The highest BCUT2D eigenvalue weighted by atomic mass is 35.5. The number of anilines is 1. The maximum Gasteiger partial charge on any atom is 0.247 e. The molecule has 0 aromatic heterocycles. The van der Waals surface area contributed by atoms with Crippen LogP contribution in [0.25, 0.3) is 0 Å². The molecule has 4 aliphatic rings. The molecule has 2 fully saturated rings. The van der Waals surface area contributed by atoms with Crippen molar-refractivity contribution in [2.24, 2.45) is 23.7 Å². The van der Waals surface area contributed by atoms with Gasteiger partial charge < -0.3 is 5.32 Å². The summed E-state index contributed by atoms with van der Waals surface area (Å²) in [5, 5.41) is 3.44. The van der Waals surface area contributed by atoms with Crippen LogP contribution < -0.4 is 5.32 Å². The van der Waals surface area contributed by atoms with Gasteiger partial charge in [0.05, 0.1) is 22.5 Å². The molecule has 1 heterocycles. The average molecular weight is 393 g/mol. The molecule has 1 saturated carbocycles. The molecule has 136 valence electrons. The maximum atomic E-state index is 12.9. The van der Waals surface area contributed by atoms with E-state index >= 15 is 0 Å². The summed E-state index contributed by atoms with van der Waals surface area (Å²) in [6.07, 6.45) is 5.97. The van der Waals surface area contributed by atoms with Crippen molar-refractivity contribution < 1.29 is 14.4 Å². The first-order valence-electron chi connectivity index (χ1n) is 8.69. The number of likely N-dealkylation sites (tertiary alicyclic amines) is 1. The second-order valence-corrected chi connectivity index (χ2v) is 8.02. The Balaban J connectivity index is 1.54. The number of imide groups is 1. The summed E-state index contributed by atoms with van der Waals surface area (Å²) in [6.45, 7) is 1.57. The number of carbonyl (C=O) groups excluding carboxylic acids is 3. The van der Waals surface area contributed by atoms with Crippen molar-refractivity contribution in [3.8, 4) is 0 Å². The number of hydrogen-bond donors (Lipinski definition) is 1. The summed E-state index contributed by atoms with van der Waals surface area (Å²) in [5.74, 6) is -1.34. The smallest absolute Gasteiger partial charge is 0.247 e. The molecule has 1 N–H and O–H groups in total. The van der Waals surface area contributed by atoms with E-state index in [2.05, 4.69) is 17.5 Å². The zero-order chi connectivity index (χ0) is 18.6. The summed E-state index contributed by atoms with van der Waals surface area (Å²) in [5.41, 5.74) is 0.395. The summed E-state index contributed by atoms with van der Waals surface area (Å²) in [6, 6.07) is 3.82. The minimum Gasteiger partial charge on any atom is -0.323 e. The lowest BCUT2D eigenvalue weighted by Crippen LogP contribution is -2.46. The minimum atomic E-state index is -0.897. The second-order valence-electron chi connectivity index (χ2n) is 7.18. The lowest BCUT2D eigenvalue weighted by molar-refractivity contribution is -0.146. The molecule has 2 bridgehead atoms. The van der Waals surface area contributed by atoms with E-state index in [-0.39, 0.29) is 35.5 Å². The highest BCUT2D eigenvalue weighted by molar-refractivity contribution is 6.36. The Labute approximate surface area is 161 Å². The average Bonchev–Trinajstić information content (AvgIpc) is 2.91. The van der Waals surface area contributed by atoms with Gasteiger partial charge in [0.2, 0.25) is 17.7 Å². The number of amides is 3. The van der Waals surface area contributed by atoms with E-state index in [1.165, 1.54) is 6.07 Å². The zero-order valence-electron chi connectivity index (χ0n) is 14.1. The van der Waals surface area contributed by atoms with Crippen LogP contribution >= 0.6 is 23.2 Å².